The number of hydrogen-bond acceptors (Lipinski definition) is 3. The second-order valence-corrected chi connectivity index (χ2v) is 6.77. The van der Waals surface area contributed by atoms with Gasteiger partial charge in [-0.2, -0.15) is 0 Å². The summed E-state index contributed by atoms with van der Waals surface area (Å²) in [6.45, 7) is 4.60. The van der Waals surface area contributed by atoms with E-state index in [4.69, 9.17) is 0 Å². The van der Waals surface area contributed by atoms with Gasteiger partial charge in [0.2, 0.25) is 0 Å². The Hall–Kier alpha value is -2.69. The van der Waals surface area contributed by atoms with E-state index in [1.54, 1.807) is 23.4 Å². The van der Waals surface area contributed by atoms with Gasteiger partial charge in [-0.25, -0.2) is 0 Å². The summed E-state index contributed by atoms with van der Waals surface area (Å²) in [5.41, 5.74) is 2.55. The summed E-state index contributed by atoms with van der Waals surface area (Å²) in [7, 11) is 0. The number of pyridine rings is 1. The number of nitrogens with one attached hydrogen (secondary N) is 1. The number of hydrogen-bond donors (Lipinski definition) is 1. The van der Waals surface area contributed by atoms with Crippen molar-refractivity contribution in [3.63, 3.8) is 0 Å². The first-order valence-electron chi connectivity index (χ1n) is 8.63. The van der Waals surface area contributed by atoms with Gasteiger partial charge in [-0.3, -0.25) is 14.6 Å². The Bertz CT molecular complexity index is 761. The predicted octanol–water partition coefficient (Wildman–Crippen LogP) is 3.33. The van der Waals surface area contributed by atoms with Gasteiger partial charge in [0.15, 0.2) is 0 Å². The molecule has 2 heterocycles. The molecule has 5 heteroatoms. The summed E-state index contributed by atoms with van der Waals surface area (Å²) in [5, 5.41) is 2.67. The number of piperidine rings is 1. The number of benzene rings is 1. The third-order valence-corrected chi connectivity index (χ3v) is 4.59. The van der Waals surface area contributed by atoms with Crippen LogP contribution in [0.15, 0.2) is 48.8 Å². The van der Waals surface area contributed by atoms with E-state index in [1.807, 2.05) is 37.3 Å². The maximum Gasteiger partial charge on any atom is 0.313 e. The first kappa shape index (κ1) is 17.1. The molecule has 0 aliphatic carbocycles. The number of anilines is 1. The molecule has 5 nitrogen and oxygen atoms in total. The van der Waals surface area contributed by atoms with Crippen molar-refractivity contribution in [1.29, 1.82) is 0 Å². The molecular weight excluding hydrogens is 314 g/mol. The van der Waals surface area contributed by atoms with Crippen LogP contribution in [0.25, 0.3) is 0 Å². The lowest BCUT2D eigenvalue weighted by Crippen LogP contribution is -2.46. The van der Waals surface area contributed by atoms with E-state index >= 15 is 0 Å². The molecule has 1 aromatic heterocycles. The van der Waals surface area contributed by atoms with Crippen LogP contribution in [-0.2, 0) is 9.59 Å². The van der Waals surface area contributed by atoms with Crippen LogP contribution in [-0.4, -0.2) is 28.2 Å². The zero-order valence-electron chi connectivity index (χ0n) is 14.6. The van der Waals surface area contributed by atoms with Gasteiger partial charge in [-0.15, -0.1) is 0 Å². The normalized spacial score (nSPS) is 20.2. The number of amides is 2. The number of likely N-dealkylation sites (tertiary alicyclic amines) is 1. The van der Waals surface area contributed by atoms with Crippen molar-refractivity contribution < 1.29 is 9.59 Å². The van der Waals surface area contributed by atoms with Crippen molar-refractivity contribution in [3.05, 3.63) is 59.9 Å². The van der Waals surface area contributed by atoms with Crippen molar-refractivity contribution in [2.45, 2.75) is 32.7 Å². The fraction of sp³-hybridized carbons (Fsp3) is 0.350. The maximum absolute atomic E-state index is 12.8. The van der Waals surface area contributed by atoms with Crippen LogP contribution in [0.2, 0.25) is 0 Å². The SMILES string of the molecule is Cc1cncc(NC(=O)C(=O)N2C[C@@H](C)CC[C@H]2c2ccccc2)c1. The molecular formula is C20H23N3O2. The zero-order valence-corrected chi connectivity index (χ0v) is 14.6. The highest BCUT2D eigenvalue weighted by molar-refractivity contribution is 6.39. The van der Waals surface area contributed by atoms with Crippen molar-refractivity contribution in [1.82, 2.24) is 9.88 Å². The van der Waals surface area contributed by atoms with E-state index in [0.717, 1.165) is 24.0 Å². The van der Waals surface area contributed by atoms with Crippen LogP contribution in [0.3, 0.4) is 0 Å². The molecule has 1 N–H and O–H groups in total. The van der Waals surface area contributed by atoms with Crippen LogP contribution in [0.1, 0.15) is 36.9 Å². The summed E-state index contributed by atoms with van der Waals surface area (Å²) in [4.78, 5) is 31.0. The quantitative estimate of drug-likeness (QED) is 0.855. The molecule has 2 atom stereocenters. The van der Waals surface area contributed by atoms with E-state index in [0.29, 0.717) is 18.2 Å². The number of rotatable bonds is 2. The minimum absolute atomic E-state index is 0.0497. The second-order valence-electron chi connectivity index (χ2n) is 6.77. The molecule has 2 aromatic rings. The summed E-state index contributed by atoms with van der Waals surface area (Å²) in [6.07, 6.45) is 5.17. The van der Waals surface area contributed by atoms with Crippen LogP contribution >= 0.6 is 0 Å². The number of carbonyl (C=O) groups excluding carboxylic acids is 2. The number of carbonyl (C=O) groups is 2. The monoisotopic (exact) mass is 337 g/mol. The standard InChI is InChI=1S/C20H23N3O2/c1-14-8-9-18(16-6-4-3-5-7-16)23(13-14)20(25)19(24)22-17-10-15(2)11-21-12-17/h3-7,10-12,14,18H,8-9,13H2,1-2H3,(H,22,24)/t14-,18-/m0/s1. The molecule has 0 radical (unpaired) electrons. The maximum atomic E-state index is 12.8. The molecule has 0 bridgehead atoms. The van der Waals surface area contributed by atoms with Gasteiger partial charge in [0.1, 0.15) is 0 Å². The fourth-order valence-corrected chi connectivity index (χ4v) is 3.34. The third kappa shape index (κ3) is 4.05. The van der Waals surface area contributed by atoms with Crippen molar-refractivity contribution >= 4 is 17.5 Å². The molecule has 0 unspecified atom stereocenters. The third-order valence-electron chi connectivity index (χ3n) is 4.59. The lowest BCUT2D eigenvalue weighted by atomic mass is 9.90. The molecule has 1 aliphatic rings. The summed E-state index contributed by atoms with van der Waals surface area (Å²) in [5.74, 6) is -0.707. The van der Waals surface area contributed by atoms with Gasteiger partial charge in [-0.05, 0) is 42.9 Å². The molecule has 130 valence electrons. The van der Waals surface area contributed by atoms with E-state index in [9.17, 15) is 9.59 Å². The summed E-state index contributed by atoms with van der Waals surface area (Å²) < 4.78 is 0. The lowest BCUT2D eigenvalue weighted by Gasteiger charge is -2.38. The van der Waals surface area contributed by atoms with E-state index in [1.165, 1.54) is 0 Å². The van der Waals surface area contributed by atoms with Crippen molar-refractivity contribution in [3.8, 4) is 0 Å². The Kier molecular flexibility index (Phi) is 5.12. The number of aromatic nitrogens is 1. The molecule has 0 saturated carbocycles. The average molecular weight is 337 g/mol. The topological polar surface area (TPSA) is 62.3 Å². The highest BCUT2D eigenvalue weighted by Gasteiger charge is 2.34. The molecule has 0 spiro atoms. The van der Waals surface area contributed by atoms with E-state index in [2.05, 4.69) is 17.2 Å². The highest BCUT2D eigenvalue weighted by Crippen LogP contribution is 2.33. The van der Waals surface area contributed by atoms with Gasteiger partial charge in [-0.1, -0.05) is 37.3 Å². The molecule has 25 heavy (non-hydrogen) atoms. The molecule has 1 aromatic carbocycles. The molecule has 2 amide bonds. The first-order valence-corrected chi connectivity index (χ1v) is 8.63. The Morgan fingerprint density at radius 2 is 1.92 bits per heavy atom. The fourth-order valence-electron chi connectivity index (χ4n) is 3.34. The highest BCUT2D eigenvalue weighted by atomic mass is 16.2. The van der Waals surface area contributed by atoms with Crippen LogP contribution in [0.4, 0.5) is 5.69 Å². The Morgan fingerprint density at radius 3 is 2.64 bits per heavy atom. The predicted molar refractivity (Wildman–Crippen MR) is 96.9 cm³/mol. The molecule has 1 aliphatic heterocycles. The average Bonchev–Trinajstić information content (AvgIpc) is 2.61. The largest absolute Gasteiger partial charge is 0.327 e. The molecule has 1 saturated heterocycles. The minimum atomic E-state index is -0.609. The first-order chi connectivity index (χ1) is 12.0. The van der Waals surface area contributed by atoms with Gasteiger partial charge >= 0.3 is 11.8 Å². The zero-order chi connectivity index (χ0) is 17.8. The molecule has 1 fully saturated rings. The van der Waals surface area contributed by atoms with Crippen LogP contribution < -0.4 is 5.32 Å². The molecule has 3 rings (SSSR count). The van der Waals surface area contributed by atoms with E-state index in [-0.39, 0.29) is 6.04 Å². The Labute approximate surface area is 148 Å². The Balaban J connectivity index is 1.78. The van der Waals surface area contributed by atoms with Gasteiger partial charge in [0, 0.05) is 12.7 Å². The lowest BCUT2D eigenvalue weighted by molar-refractivity contribution is -0.146. The van der Waals surface area contributed by atoms with Crippen LogP contribution in [0, 0.1) is 12.8 Å². The van der Waals surface area contributed by atoms with Gasteiger partial charge in [0.25, 0.3) is 0 Å². The number of nitrogens with zero attached hydrogens (tertiary/aromatic N) is 2. The Morgan fingerprint density at radius 1 is 1.16 bits per heavy atom. The van der Waals surface area contributed by atoms with Gasteiger partial charge in [0.05, 0.1) is 17.9 Å². The summed E-state index contributed by atoms with van der Waals surface area (Å²) in [6, 6.07) is 11.7. The van der Waals surface area contributed by atoms with E-state index < -0.39 is 11.8 Å². The smallest absolute Gasteiger partial charge is 0.313 e. The number of aryl methyl sites for hydroxylation is 1. The van der Waals surface area contributed by atoms with Crippen LogP contribution in [0.5, 0.6) is 0 Å². The summed E-state index contributed by atoms with van der Waals surface area (Å²) >= 11 is 0. The van der Waals surface area contributed by atoms with Crippen molar-refractivity contribution in [2.24, 2.45) is 5.92 Å². The van der Waals surface area contributed by atoms with Crippen molar-refractivity contribution in [2.75, 3.05) is 11.9 Å². The van der Waals surface area contributed by atoms with Gasteiger partial charge < -0.3 is 10.2 Å². The second kappa shape index (κ2) is 7.47. The minimum Gasteiger partial charge on any atom is -0.327 e.